The molecular weight excluding hydrogens is 430 g/mol. The molecule has 4 rings (SSSR count). The number of carbonyl (C=O) groups excluding carboxylic acids is 1. The van der Waals surface area contributed by atoms with Crippen LogP contribution in [0.1, 0.15) is 16.7 Å². The number of aryl methyl sites for hydroxylation is 2. The van der Waals surface area contributed by atoms with Crippen molar-refractivity contribution in [2.24, 2.45) is 0 Å². The molecular formula is C23H19N3O3S2. The molecule has 1 aromatic heterocycles. The number of hydrogen-bond acceptors (Lipinski definition) is 5. The van der Waals surface area contributed by atoms with Crippen LogP contribution in [0, 0.1) is 13.8 Å². The third-order valence-electron chi connectivity index (χ3n) is 4.87. The van der Waals surface area contributed by atoms with Crippen LogP contribution < -0.4 is 0 Å². The Labute approximate surface area is 189 Å². The van der Waals surface area contributed by atoms with Gasteiger partial charge in [0.15, 0.2) is 0 Å². The van der Waals surface area contributed by atoms with Gasteiger partial charge in [-0.05, 0) is 43.7 Å². The number of carboxylic acids is 1. The number of thioether (sulfide) groups is 1. The van der Waals surface area contributed by atoms with Gasteiger partial charge < -0.3 is 5.11 Å². The molecule has 1 amide bonds. The summed E-state index contributed by atoms with van der Waals surface area (Å²) >= 11 is 6.32. The fourth-order valence-electron chi connectivity index (χ4n) is 3.32. The van der Waals surface area contributed by atoms with Gasteiger partial charge in [-0.25, -0.2) is 4.68 Å². The standard InChI is InChI=1S/C23H19N3O3S2/c1-14-8-9-15(2)18(10-14)21-16(12-26(24-21)17-6-4-3-5-7-17)11-19-22(29)25(13-20(27)28)23(30)31-19/h3-12H,13H2,1-2H3,(H,27,28)/b19-11+. The molecule has 31 heavy (non-hydrogen) atoms. The summed E-state index contributed by atoms with van der Waals surface area (Å²) in [5.41, 5.74) is 5.54. The van der Waals surface area contributed by atoms with Gasteiger partial charge in [0.25, 0.3) is 5.91 Å². The Hall–Kier alpha value is -3.23. The summed E-state index contributed by atoms with van der Waals surface area (Å²) in [7, 11) is 0. The second-order valence-electron chi connectivity index (χ2n) is 7.19. The third-order valence-corrected chi connectivity index (χ3v) is 6.24. The summed E-state index contributed by atoms with van der Waals surface area (Å²) < 4.78 is 2.02. The molecule has 2 aromatic carbocycles. The van der Waals surface area contributed by atoms with E-state index < -0.39 is 18.4 Å². The molecule has 0 bridgehead atoms. The lowest BCUT2D eigenvalue weighted by molar-refractivity contribution is -0.140. The van der Waals surface area contributed by atoms with Crippen molar-refractivity contribution in [1.82, 2.24) is 14.7 Å². The van der Waals surface area contributed by atoms with Crippen molar-refractivity contribution in [3.8, 4) is 16.9 Å². The Morgan fingerprint density at radius 2 is 1.94 bits per heavy atom. The molecule has 1 fully saturated rings. The highest BCUT2D eigenvalue weighted by atomic mass is 32.2. The van der Waals surface area contributed by atoms with Crippen LogP contribution in [-0.2, 0) is 9.59 Å². The number of carboxylic acid groups (broad SMARTS) is 1. The topological polar surface area (TPSA) is 75.4 Å². The Balaban J connectivity index is 1.83. The zero-order chi connectivity index (χ0) is 22.1. The molecule has 156 valence electrons. The highest BCUT2D eigenvalue weighted by Gasteiger charge is 2.33. The molecule has 3 aromatic rings. The van der Waals surface area contributed by atoms with Crippen LogP contribution in [0.2, 0.25) is 0 Å². The number of para-hydroxylation sites is 1. The highest BCUT2D eigenvalue weighted by molar-refractivity contribution is 8.26. The van der Waals surface area contributed by atoms with Crippen LogP contribution >= 0.6 is 24.0 Å². The maximum absolute atomic E-state index is 12.8. The van der Waals surface area contributed by atoms with E-state index in [0.717, 1.165) is 50.3 Å². The van der Waals surface area contributed by atoms with E-state index in [4.69, 9.17) is 22.4 Å². The predicted octanol–water partition coefficient (Wildman–Crippen LogP) is 4.44. The highest BCUT2D eigenvalue weighted by Crippen LogP contribution is 2.35. The summed E-state index contributed by atoms with van der Waals surface area (Å²) in [4.78, 5) is 25.3. The monoisotopic (exact) mass is 449 g/mol. The maximum atomic E-state index is 12.8. The molecule has 1 aliphatic rings. The number of aromatic nitrogens is 2. The molecule has 6 nitrogen and oxygen atoms in total. The van der Waals surface area contributed by atoms with E-state index in [0.29, 0.717) is 4.91 Å². The number of rotatable bonds is 5. The minimum atomic E-state index is -1.11. The molecule has 0 unspecified atom stereocenters. The maximum Gasteiger partial charge on any atom is 0.323 e. The third kappa shape index (κ3) is 4.30. The van der Waals surface area contributed by atoms with Crippen LogP contribution in [0.3, 0.4) is 0 Å². The molecule has 0 aliphatic carbocycles. The molecule has 8 heteroatoms. The first-order valence-electron chi connectivity index (χ1n) is 9.53. The van der Waals surface area contributed by atoms with Crippen LogP contribution in [0.25, 0.3) is 23.0 Å². The molecule has 0 spiro atoms. The van der Waals surface area contributed by atoms with Crippen molar-refractivity contribution in [3.63, 3.8) is 0 Å². The first-order chi connectivity index (χ1) is 14.8. The van der Waals surface area contributed by atoms with Gasteiger partial charge in [0.2, 0.25) is 0 Å². The molecule has 2 heterocycles. The summed E-state index contributed by atoms with van der Waals surface area (Å²) in [6.45, 7) is 3.59. The minimum absolute atomic E-state index is 0.238. The lowest BCUT2D eigenvalue weighted by Crippen LogP contribution is -2.33. The Morgan fingerprint density at radius 1 is 1.19 bits per heavy atom. The van der Waals surface area contributed by atoms with Crippen molar-refractivity contribution in [1.29, 1.82) is 0 Å². The average molecular weight is 450 g/mol. The Morgan fingerprint density at radius 3 is 2.65 bits per heavy atom. The zero-order valence-corrected chi connectivity index (χ0v) is 18.5. The van der Waals surface area contributed by atoms with Crippen LogP contribution in [0.15, 0.2) is 59.6 Å². The zero-order valence-electron chi connectivity index (χ0n) is 16.9. The van der Waals surface area contributed by atoms with E-state index in [9.17, 15) is 9.59 Å². The smallest absolute Gasteiger partial charge is 0.323 e. The van der Waals surface area contributed by atoms with Gasteiger partial charge in [0.05, 0.1) is 10.6 Å². The summed E-state index contributed by atoms with van der Waals surface area (Å²) in [6.07, 6.45) is 3.61. The predicted molar refractivity (Wildman–Crippen MR) is 126 cm³/mol. The number of amides is 1. The first kappa shape index (κ1) is 21.0. The SMILES string of the molecule is Cc1ccc(C)c(-c2nn(-c3ccccc3)cc2/C=C2/SC(=S)N(CC(=O)O)C2=O)c1. The van der Waals surface area contributed by atoms with E-state index >= 15 is 0 Å². The lowest BCUT2D eigenvalue weighted by Gasteiger charge is -2.10. The molecule has 1 N–H and O–H groups in total. The van der Waals surface area contributed by atoms with Crippen molar-refractivity contribution < 1.29 is 14.7 Å². The van der Waals surface area contributed by atoms with E-state index in [2.05, 4.69) is 6.07 Å². The van der Waals surface area contributed by atoms with E-state index in [1.165, 1.54) is 0 Å². The van der Waals surface area contributed by atoms with Gasteiger partial charge in [-0.1, -0.05) is 59.9 Å². The van der Waals surface area contributed by atoms with Gasteiger partial charge in [0, 0.05) is 17.3 Å². The van der Waals surface area contributed by atoms with E-state index in [1.54, 1.807) is 10.8 Å². The minimum Gasteiger partial charge on any atom is -0.480 e. The van der Waals surface area contributed by atoms with Crippen LogP contribution in [0.5, 0.6) is 0 Å². The van der Waals surface area contributed by atoms with Gasteiger partial charge >= 0.3 is 5.97 Å². The quantitative estimate of drug-likeness (QED) is 0.458. The number of benzene rings is 2. The molecule has 0 saturated carbocycles. The largest absolute Gasteiger partial charge is 0.480 e. The molecule has 1 saturated heterocycles. The van der Waals surface area contributed by atoms with Crippen molar-refractivity contribution in [2.75, 3.05) is 6.54 Å². The molecule has 0 atom stereocenters. The van der Waals surface area contributed by atoms with Gasteiger partial charge in [-0.15, -0.1) is 0 Å². The Bertz CT molecular complexity index is 1230. The summed E-state index contributed by atoms with van der Waals surface area (Å²) in [5.74, 6) is -1.51. The average Bonchev–Trinajstić information content (AvgIpc) is 3.27. The van der Waals surface area contributed by atoms with Gasteiger partial charge in [0.1, 0.15) is 16.6 Å². The van der Waals surface area contributed by atoms with Crippen LogP contribution in [-0.4, -0.2) is 42.5 Å². The number of aliphatic carboxylic acids is 1. The Kier molecular flexibility index (Phi) is 5.75. The summed E-state index contributed by atoms with van der Waals surface area (Å²) in [6, 6.07) is 15.9. The van der Waals surface area contributed by atoms with Gasteiger partial charge in [-0.3, -0.25) is 14.5 Å². The number of thiocarbonyl (C=S) groups is 1. The second-order valence-corrected chi connectivity index (χ2v) is 8.87. The molecule has 1 aliphatic heterocycles. The second kappa shape index (κ2) is 8.49. The van der Waals surface area contributed by atoms with Crippen molar-refractivity contribution in [2.45, 2.75) is 13.8 Å². The molecule has 0 radical (unpaired) electrons. The van der Waals surface area contributed by atoms with Gasteiger partial charge in [-0.2, -0.15) is 5.10 Å². The lowest BCUT2D eigenvalue weighted by atomic mass is 10.0. The van der Waals surface area contributed by atoms with Crippen molar-refractivity contribution in [3.05, 3.63) is 76.3 Å². The van der Waals surface area contributed by atoms with E-state index in [1.807, 2.05) is 62.5 Å². The van der Waals surface area contributed by atoms with E-state index in [-0.39, 0.29) is 4.32 Å². The summed E-state index contributed by atoms with van der Waals surface area (Å²) in [5, 5.41) is 13.9. The first-order valence-corrected chi connectivity index (χ1v) is 10.8. The fraction of sp³-hybridized carbons (Fsp3) is 0.130. The number of carbonyl (C=O) groups is 2. The van der Waals surface area contributed by atoms with Crippen molar-refractivity contribution >= 4 is 46.3 Å². The fourth-order valence-corrected chi connectivity index (χ4v) is 4.56. The normalized spacial score (nSPS) is 15.2. The number of nitrogens with zero attached hydrogens (tertiary/aromatic N) is 3. The number of hydrogen-bond donors (Lipinski definition) is 1. The van der Waals surface area contributed by atoms with Crippen LogP contribution in [0.4, 0.5) is 0 Å².